The summed E-state index contributed by atoms with van der Waals surface area (Å²) >= 11 is 0. The number of rotatable bonds is 3. The molecule has 0 saturated carbocycles. The summed E-state index contributed by atoms with van der Waals surface area (Å²) in [4.78, 5) is 37.1. The number of carboxylic acids is 1. The number of aliphatic carboxylic acids is 1. The number of carbonyl (C=O) groups is 3. The minimum Gasteiger partial charge on any atom is -0.478 e. The predicted octanol–water partition coefficient (Wildman–Crippen LogP) is -0.111. The van der Waals surface area contributed by atoms with Crippen molar-refractivity contribution in [1.82, 2.24) is 15.1 Å². The van der Waals surface area contributed by atoms with E-state index in [9.17, 15) is 14.4 Å². The van der Waals surface area contributed by atoms with E-state index in [4.69, 9.17) is 5.11 Å². The fourth-order valence-electron chi connectivity index (χ4n) is 1.94. The maximum absolute atomic E-state index is 11.8. The van der Waals surface area contributed by atoms with E-state index in [1.165, 1.54) is 0 Å². The van der Waals surface area contributed by atoms with Crippen LogP contribution in [0.15, 0.2) is 12.2 Å². The van der Waals surface area contributed by atoms with Gasteiger partial charge in [-0.15, -0.1) is 0 Å². The second-order valence-electron chi connectivity index (χ2n) is 4.45. The summed E-state index contributed by atoms with van der Waals surface area (Å²) in [5, 5.41) is 10.5. The van der Waals surface area contributed by atoms with E-state index < -0.39 is 17.9 Å². The van der Waals surface area contributed by atoms with Crippen LogP contribution in [0.1, 0.15) is 13.3 Å². The van der Waals surface area contributed by atoms with E-state index in [0.717, 1.165) is 19.0 Å². The number of imide groups is 1. The minimum atomic E-state index is -1.23. The Labute approximate surface area is 111 Å². The van der Waals surface area contributed by atoms with Gasteiger partial charge in [-0.25, -0.2) is 9.59 Å². The van der Waals surface area contributed by atoms with Crippen LogP contribution in [0.2, 0.25) is 0 Å². The number of carbonyl (C=O) groups excluding carboxylic acids is 2. The van der Waals surface area contributed by atoms with Crippen molar-refractivity contribution in [2.45, 2.75) is 19.4 Å². The van der Waals surface area contributed by atoms with Crippen LogP contribution in [0.4, 0.5) is 4.79 Å². The van der Waals surface area contributed by atoms with Crippen LogP contribution in [0.25, 0.3) is 0 Å². The van der Waals surface area contributed by atoms with Crippen molar-refractivity contribution in [3.63, 3.8) is 0 Å². The Hall–Kier alpha value is -1.89. The van der Waals surface area contributed by atoms with E-state index in [-0.39, 0.29) is 6.04 Å². The van der Waals surface area contributed by atoms with Crippen LogP contribution in [0.3, 0.4) is 0 Å². The van der Waals surface area contributed by atoms with E-state index in [2.05, 4.69) is 10.2 Å². The van der Waals surface area contributed by atoms with Gasteiger partial charge >= 0.3 is 12.0 Å². The van der Waals surface area contributed by atoms with Crippen molar-refractivity contribution < 1.29 is 19.5 Å². The molecule has 1 aliphatic heterocycles. The van der Waals surface area contributed by atoms with Gasteiger partial charge in [-0.05, 0) is 13.5 Å². The van der Waals surface area contributed by atoms with E-state index in [1.54, 1.807) is 4.90 Å². The SMILES string of the molecule is CCC1CN(C(=O)NC(=O)C=CC(=O)O)CCN1C. The molecular weight excluding hydrogens is 250 g/mol. The Morgan fingerprint density at radius 1 is 1.32 bits per heavy atom. The van der Waals surface area contributed by atoms with Gasteiger partial charge in [-0.3, -0.25) is 15.0 Å². The average molecular weight is 269 g/mol. The summed E-state index contributed by atoms with van der Waals surface area (Å²) in [7, 11) is 2.00. The van der Waals surface area contributed by atoms with Gasteiger partial charge in [0.15, 0.2) is 0 Å². The summed E-state index contributed by atoms with van der Waals surface area (Å²) < 4.78 is 0. The first-order valence-electron chi connectivity index (χ1n) is 6.15. The summed E-state index contributed by atoms with van der Waals surface area (Å²) in [6.07, 6.45) is 2.45. The highest BCUT2D eigenvalue weighted by molar-refractivity contribution is 6.02. The van der Waals surface area contributed by atoms with Crippen LogP contribution in [-0.2, 0) is 9.59 Å². The van der Waals surface area contributed by atoms with Gasteiger partial charge in [0.1, 0.15) is 0 Å². The third-order valence-electron chi connectivity index (χ3n) is 3.14. The molecule has 0 radical (unpaired) electrons. The lowest BCUT2D eigenvalue weighted by Gasteiger charge is -2.38. The lowest BCUT2D eigenvalue weighted by molar-refractivity contribution is -0.131. The Balaban J connectivity index is 2.50. The Bertz CT molecular complexity index is 394. The van der Waals surface area contributed by atoms with Gasteiger partial charge in [-0.2, -0.15) is 0 Å². The highest BCUT2D eigenvalue weighted by Gasteiger charge is 2.26. The third-order valence-corrected chi connectivity index (χ3v) is 3.14. The molecule has 1 aliphatic rings. The van der Waals surface area contributed by atoms with Gasteiger partial charge in [0.25, 0.3) is 5.91 Å². The second kappa shape index (κ2) is 6.89. The number of piperazine rings is 1. The molecule has 0 aromatic carbocycles. The molecule has 2 N–H and O–H groups in total. The van der Waals surface area contributed by atoms with Gasteiger partial charge < -0.3 is 10.0 Å². The number of hydrogen-bond acceptors (Lipinski definition) is 4. The van der Waals surface area contributed by atoms with Crippen molar-refractivity contribution in [3.8, 4) is 0 Å². The molecule has 1 unspecified atom stereocenters. The number of carboxylic acid groups (broad SMARTS) is 1. The molecule has 7 nitrogen and oxygen atoms in total. The largest absolute Gasteiger partial charge is 0.478 e. The number of hydrogen-bond donors (Lipinski definition) is 2. The summed E-state index contributed by atoms with van der Waals surface area (Å²) in [5.74, 6) is -1.95. The van der Waals surface area contributed by atoms with Crippen molar-refractivity contribution in [3.05, 3.63) is 12.2 Å². The van der Waals surface area contributed by atoms with Crippen LogP contribution in [-0.4, -0.2) is 65.5 Å². The molecule has 3 amide bonds. The van der Waals surface area contributed by atoms with Crippen molar-refractivity contribution in [1.29, 1.82) is 0 Å². The standard InChI is InChI=1S/C12H19N3O4/c1-3-9-8-15(7-6-14(9)2)12(19)13-10(16)4-5-11(17)18/h4-5,9H,3,6-8H2,1-2H3,(H,17,18)(H,13,16,19). The average Bonchev–Trinajstić information content (AvgIpc) is 2.36. The monoisotopic (exact) mass is 269 g/mol. The third kappa shape index (κ3) is 4.70. The van der Waals surface area contributed by atoms with Crippen molar-refractivity contribution in [2.24, 2.45) is 0 Å². The van der Waals surface area contributed by atoms with E-state index in [0.29, 0.717) is 19.2 Å². The first-order chi connectivity index (χ1) is 8.93. The van der Waals surface area contributed by atoms with Gasteiger partial charge in [0, 0.05) is 37.8 Å². The molecule has 0 aromatic heterocycles. The summed E-state index contributed by atoms with van der Waals surface area (Å²) in [6.45, 7) is 3.91. The summed E-state index contributed by atoms with van der Waals surface area (Å²) in [6, 6.07) is -0.198. The Morgan fingerprint density at radius 2 is 2.00 bits per heavy atom. The number of nitrogens with one attached hydrogen (secondary N) is 1. The zero-order valence-electron chi connectivity index (χ0n) is 11.1. The highest BCUT2D eigenvalue weighted by atomic mass is 16.4. The fourth-order valence-corrected chi connectivity index (χ4v) is 1.94. The van der Waals surface area contributed by atoms with Gasteiger partial charge in [0.2, 0.25) is 0 Å². The number of amides is 3. The Kier molecular flexibility index (Phi) is 5.50. The summed E-state index contributed by atoms with van der Waals surface area (Å²) in [5.41, 5.74) is 0. The van der Waals surface area contributed by atoms with Crippen LogP contribution in [0.5, 0.6) is 0 Å². The second-order valence-corrected chi connectivity index (χ2v) is 4.45. The zero-order chi connectivity index (χ0) is 14.4. The fraction of sp³-hybridized carbons (Fsp3) is 0.583. The molecule has 0 aliphatic carbocycles. The molecule has 1 rings (SSSR count). The lowest BCUT2D eigenvalue weighted by atomic mass is 10.1. The molecule has 1 atom stereocenters. The molecular formula is C12H19N3O4. The van der Waals surface area contributed by atoms with Crippen LogP contribution < -0.4 is 5.32 Å². The first-order valence-corrected chi connectivity index (χ1v) is 6.15. The van der Waals surface area contributed by atoms with Crippen LogP contribution >= 0.6 is 0 Å². The number of nitrogens with zero attached hydrogens (tertiary/aromatic N) is 2. The van der Waals surface area contributed by atoms with E-state index in [1.807, 2.05) is 14.0 Å². The maximum atomic E-state index is 11.8. The molecule has 1 fully saturated rings. The molecule has 0 aromatic rings. The van der Waals surface area contributed by atoms with Crippen molar-refractivity contribution >= 4 is 17.9 Å². The van der Waals surface area contributed by atoms with Crippen LogP contribution in [0, 0.1) is 0 Å². The van der Waals surface area contributed by atoms with E-state index >= 15 is 0 Å². The van der Waals surface area contributed by atoms with Gasteiger partial charge in [-0.1, -0.05) is 6.92 Å². The smallest absolute Gasteiger partial charge is 0.328 e. The van der Waals surface area contributed by atoms with Crippen molar-refractivity contribution in [2.75, 3.05) is 26.7 Å². The predicted molar refractivity (Wildman–Crippen MR) is 68.6 cm³/mol. The Morgan fingerprint density at radius 3 is 2.58 bits per heavy atom. The minimum absolute atomic E-state index is 0.282. The topological polar surface area (TPSA) is 90.0 Å². The number of likely N-dealkylation sites (N-methyl/N-ethyl adjacent to an activating group) is 1. The lowest BCUT2D eigenvalue weighted by Crippen LogP contribution is -2.55. The molecule has 1 saturated heterocycles. The first kappa shape index (κ1) is 15.2. The zero-order valence-corrected chi connectivity index (χ0v) is 11.1. The normalized spacial score (nSPS) is 20.5. The maximum Gasteiger partial charge on any atom is 0.328 e. The molecule has 19 heavy (non-hydrogen) atoms. The molecule has 7 heteroatoms. The number of urea groups is 1. The molecule has 106 valence electrons. The molecule has 0 bridgehead atoms. The molecule has 0 spiro atoms. The van der Waals surface area contributed by atoms with Gasteiger partial charge in [0.05, 0.1) is 0 Å². The molecule has 1 heterocycles. The quantitative estimate of drug-likeness (QED) is 0.698. The highest BCUT2D eigenvalue weighted by Crippen LogP contribution is 2.10.